The molecule has 1 N–H and O–H groups in total. The normalized spacial score (nSPS) is 11.7. The third-order valence-corrected chi connectivity index (χ3v) is 2.08. The third kappa shape index (κ3) is 2.72. The molecular weight excluding hydrogens is 174 g/mol. The number of hydrogen-bond acceptors (Lipinski definition) is 2. The van der Waals surface area contributed by atoms with Crippen molar-refractivity contribution in [2.45, 2.75) is 13.0 Å². The minimum Gasteiger partial charge on any atom is -0.300 e. The predicted molar refractivity (Wildman–Crippen MR) is 57.1 cm³/mol. The van der Waals surface area contributed by atoms with Crippen LogP contribution in [0.1, 0.15) is 28.9 Å². The Morgan fingerprint density at radius 3 is 2.64 bits per heavy atom. The van der Waals surface area contributed by atoms with E-state index in [0.717, 1.165) is 11.8 Å². The Balaban J connectivity index is 2.67. The number of hydrogen-bond donors (Lipinski definition) is 1. The van der Waals surface area contributed by atoms with Gasteiger partial charge in [-0.1, -0.05) is 30.2 Å². The van der Waals surface area contributed by atoms with Gasteiger partial charge in [-0.2, -0.15) is 0 Å². The Morgan fingerprint density at radius 2 is 2.14 bits per heavy atom. The lowest BCUT2D eigenvalue weighted by Gasteiger charge is -2.11. The van der Waals surface area contributed by atoms with Crippen molar-refractivity contribution < 1.29 is 4.79 Å². The molecule has 0 amide bonds. The van der Waals surface area contributed by atoms with Gasteiger partial charge in [-0.25, -0.2) is 0 Å². The van der Waals surface area contributed by atoms with Crippen LogP contribution in [0, 0.1) is 12.3 Å². The van der Waals surface area contributed by atoms with Gasteiger partial charge in [0, 0.05) is 11.6 Å². The highest BCUT2D eigenvalue weighted by molar-refractivity contribution is 5.74. The highest BCUT2D eigenvalue weighted by Gasteiger charge is 2.02. The van der Waals surface area contributed by atoms with E-state index in [1.165, 1.54) is 0 Å². The molecule has 0 fully saturated rings. The summed E-state index contributed by atoms with van der Waals surface area (Å²) in [6, 6.07) is 7.68. The lowest BCUT2D eigenvalue weighted by molar-refractivity contribution is 0.112. The van der Waals surface area contributed by atoms with Crippen LogP contribution in [0.15, 0.2) is 24.3 Å². The molecule has 2 nitrogen and oxygen atoms in total. The Bertz CT molecular complexity index is 334. The summed E-state index contributed by atoms with van der Waals surface area (Å²) in [5, 5.41) is 3.16. The number of carbonyl (C=O) groups is 1. The van der Waals surface area contributed by atoms with Gasteiger partial charge in [0.15, 0.2) is 0 Å². The van der Waals surface area contributed by atoms with Crippen molar-refractivity contribution in [2.24, 2.45) is 0 Å². The van der Waals surface area contributed by atoms with Crippen LogP contribution >= 0.6 is 0 Å². The molecule has 0 saturated carbocycles. The topological polar surface area (TPSA) is 29.1 Å². The van der Waals surface area contributed by atoms with E-state index >= 15 is 0 Å². The van der Waals surface area contributed by atoms with E-state index in [4.69, 9.17) is 6.42 Å². The molecule has 1 unspecified atom stereocenters. The zero-order valence-corrected chi connectivity index (χ0v) is 8.16. The van der Waals surface area contributed by atoms with Gasteiger partial charge in [0.25, 0.3) is 0 Å². The monoisotopic (exact) mass is 187 g/mol. The highest BCUT2D eigenvalue weighted by Crippen LogP contribution is 2.11. The fourth-order valence-corrected chi connectivity index (χ4v) is 1.19. The second-order valence-corrected chi connectivity index (χ2v) is 3.09. The molecule has 0 aliphatic carbocycles. The van der Waals surface area contributed by atoms with E-state index in [9.17, 15) is 4.79 Å². The molecule has 1 aromatic rings. The van der Waals surface area contributed by atoms with E-state index in [1.807, 2.05) is 19.1 Å². The van der Waals surface area contributed by atoms with Crippen molar-refractivity contribution in [3.05, 3.63) is 35.4 Å². The summed E-state index contributed by atoms with van der Waals surface area (Å²) in [5.41, 5.74) is 1.82. The van der Waals surface area contributed by atoms with E-state index in [1.54, 1.807) is 12.1 Å². The fourth-order valence-electron chi connectivity index (χ4n) is 1.19. The van der Waals surface area contributed by atoms with Crippen LogP contribution in [0.2, 0.25) is 0 Å². The Hall–Kier alpha value is -1.59. The third-order valence-electron chi connectivity index (χ3n) is 2.08. The van der Waals surface area contributed by atoms with Crippen LogP contribution in [-0.2, 0) is 0 Å². The first-order valence-corrected chi connectivity index (χ1v) is 4.50. The first kappa shape index (κ1) is 10.5. The summed E-state index contributed by atoms with van der Waals surface area (Å²) < 4.78 is 0. The van der Waals surface area contributed by atoms with Gasteiger partial charge in [0.2, 0.25) is 0 Å². The molecule has 0 radical (unpaired) electrons. The van der Waals surface area contributed by atoms with Crippen molar-refractivity contribution in [2.75, 3.05) is 6.54 Å². The maximum Gasteiger partial charge on any atom is 0.150 e. The van der Waals surface area contributed by atoms with Crippen LogP contribution < -0.4 is 5.32 Å². The number of benzene rings is 1. The molecule has 0 spiro atoms. The Morgan fingerprint density at radius 1 is 1.50 bits per heavy atom. The van der Waals surface area contributed by atoms with Gasteiger partial charge < -0.3 is 0 Å². The van der Waals surface area contributed by atoms with E-state index in [-0.39, 0.29) is 6.04 Å². The summed E-state index contributed by atoms with van der Waals surface area (Å²) >= 11 is 0. The maximum absolute atomic E-state index is 10.4. The van der Waals surface area contributed by atoms with E-state index in [0.29, 0.717) is 12.1 Å². The zero-order chi connectivity index (χ0) is 10.4. The Labute approximate surface area is 84.3 Å². The number of aldehydes is 1. The van der Waals surface area contributed by atoms with Gasteiger partial charge in [-0.15, -0.1) is 6.42 Å². The van der Waals surface area contributed by atoms with Gasteiger partial charge in [0.05, 0.1) is 6.54 Å². The summed E-state index contributed by atoms with van der Waals surface area (Å²) in [6.07, 6.45) is 5.98. The molecule has 2 heteroatoms. The highest BCUT2D eigenvalue weighted by atomic mass is 16.1. The first-order chi connectivity index (χ1) is 6.77. The summed E-state index contributed by atoms with van der Waals surface area (Å²) in [4.78, 5) is 10.4. The van der Waals surface area contributed by atoms with Gasteiger partial charge in [-0.05, 0) is 12.5 Å². The van der Waals surface area contributed by atoms with Crippen molar-refractivity contribution >= 4 is 6.29 Å². The quantitative estimate of drug-likeness (QED) is 0.575. The molecule has 1 atom stereocenters. The average Bonchev–Trinajstić information content (AvgIpc) is 2.26. The molecule has 0 heterocycles. The second-order valence-electron chi connectivity index (χ2n) is 3.09. The van der Waals surface area contributed by atoms with Crippen molar-refractivity contribution in [1.82, 2.24) is 5.32 Å². The molecule has 0 aliphatic heterocycles. The lowest BCUT2D eigenvalue weighted by Crippen LogP contribution is -2.18. The molecular formula is C12H13NO. The molecule has 1 aromatic carbocycles. The summed E-state index contributed by atoms with van der Waals surface area (Å²) in [5.74, 6) is 2.52. The number of carbonyl (C=O) groups excluding carboxylic acids is 1. The van der Waals surface area contributed by atoms with Crippen LogP contribution in [0.5, 0.6) is 0 Å². The summed E-state index contributed by atoms with van der Waals surface area (Å²) in [7, 11) is 0. The number of terminal acetylenes is 1. The second kappa shape index (κ2) is 5.21. The average molecular weight is 187 g/mol. The van der Waals surface area contributed by atoms with Gasteiger partial charge in [0.1, 0.15) is 6.29 Å². The molecule has 14 heavy (non-hydrogen) atoms. The van der Waals surface area contributed by atoms with E-state index < -0.39 is 0 Å². The van der Waals surface area contributed by atoms with Gasteiger partial charge >= 0.3 is 0 Å². The van der Waals surface area contributed by atoms with Crippen LogP contribution in [0.3, 0.4) is 0 Å². The van der Waals surface area contributed by atoms with Gasteiger partial charge in [-0.3, -0.25) is 10.1 Å². The lowest BCUT2D eigenvalue weighted by atomic mass is 10.1. The van der Waals surface area contributed by atoms with Crippen molar-refractivity contribution in [3.8, 4) is 12.3 Å². The standard InChI is InChI=1S/C12H13NO/c1-3-8-13-10(2)12-6-4-11(9-14)5-7-12/h1,4-7,9-10,13H,8H2,2H3. The number of nitrogens with one attached hydrogen (secondary N) is 1. The Kier molecular flexibility index (Phi) is 3.90. The summed E-state index contributed by atoms with van der Waals surface area (Å²) in [6.45, 7) is 2.59. The van der Waals surface area contributed by atoms with E-state index in [2.05, 4.69) is 11.2 Å². The molecule has 0 bridgehead atoms. The molecule has 0 aliphatic rings. The zero-order valence-electron chi connectivity index (χ0n) is 8.16. The van der Waals surface area contributed by atoms with Crippen LogP contribution in [-0.4, -0.2) is 12.8 Å². The first-order valence-electron chi connectivity index (χ1n) is 4.50. The maximum atomic E-state index is 10.4. The largest absolute Gasteiger partial charge is 0.300 e. The SMILES string of the molecule is C#CCNC(C)c1ccc(C=O)cc1. The van der Waals surface area contributed by atoms with Crippen molar-refractivity contribution in [3.63, 3.8) is 0 Å². The minimum absolute atomic E-state index is 0.215. The molecule has 0 saturated heterocycles. The smallest absolute Gasteiger partial charge is 0.150 e. The number of rotatable bonds is 4. The van der Waals surface area contributed by atoms with Crippen LogP contribution in [0.25, 0.3) is 0 Å². The predicted octanol–water partition coefficient (Wildman–Crippen LogP) is 1.78. The molecule has 0 aromatic heterocycles. The van der Waals surface area contributed by atoms with Crippen LogP contribution in [0.4, 0.5) is 0 Å². The molecule has 1 rings (SSSR count). The van der Waals surface area contributed by atoms with Crippen molar-refractivity contribution in [1.29, 1.82) is 0 Å². The fraction of sp³-hybridized carbons (Fsp3) is 0.250. The molecule has 72 valence electrons. The minimum atomic E-state index is 0.215.